The molecule has 2 aromatic carbocycles. The summed E-state index contributed by atoms with van der Waals surface area (Å²) in [6.45, 7) is 11.9. The normalized spacial score (nSPS) is 31.2. The number of allylic oxidation sites excluding steroid dienone is 2. The van der Waals surface area contributed by atoms with Crippen LogP contribution in [0.1, 0.15) is 113 Å². The van der Waals surface area contributed by atoms with Gasteiger partial charge in [0.05, 0.1) is 0 Å². The Morgan fingerprint density at radius 3 is 2.74 bits per heavy atom. The van der Waals surface area contributed by atoms with Gasteiger partial charge in [-0.3, -0.25) is 9.59 Å². The fourth-order valence-electron chi connectivity index (χ4n) is 10.6. The van der Waals surface area contributed by atoms with Crippen molar-refractivity contribution in [1.29, 1.82) is 0 Å². The summed E-state index contributed by atoms with van der Waals surface area (Å²) in [5.41, 5.74) is 7.02. The summed E-state index contributed by atoms with van der Waals surface area (Å²) in [6.07, 6.45) is 14.7. The van der Waals surface area contributed by atoms with Gasteiger partial charge in [0.1, 0.15) is 35.4 Å². The van der Waals surface area contributed by atoms with Crippen LogP contribution in [0.2, 0.25) is 0 Å². The molecule has 1 spiro atoms. The van der Waals surface area contributed by atoms with Crippen LogP contribution in [0.15, 0.2) is 48.1 Å². The highest BCUT2D eigenvalue weighted by Gasteiger charge is 2.63. The first-order valence-electron chi connectivity index (χ1n) is 19.1. The minimum Gasteiger partial charge on any atom is -0.487 e. The highest BCUT2D eigenvalue weighted by atomic mass is 16.6. The van der Waals surface area contributed by atoms with E-state index < -0.39 is 24.5 Å². The van der Waals surface area contributed by atoms with E-state index >= 15 is 0 Å². The Morgan fingerprint density at radius 2 is 1.92 bits per heavy atom. The summed E-state index contributed by atoms with van der Waals surface area (Å²) in [5.74, 6) is 1.89. The van der Waals surface area contributed by atoms with Gasteiger partial charge in [-0.05, 0) is 115 Å². The second-order valence-corrected chi connectivity index (χ2v) is 16.5. The lowest BCUT2D eigenvalue weighted by atomic mass is 9.55. The number of esters is 2. The first-order valence-corrected chi connectivity index (χ1v) is 19.1. The number of benzene rings is 2. The topological polar surface area (TPSA) is 74.3 Å². The van der Waals surface area contributed by atoms with Crippen molar-refractivity contribution >= 4 is 11.9 Å². The van der Waals surface area contributed by atoms with Gasteiger partial charge in [-0.1, -0.05) is 49.6 Å². The molecular weight excluding hydrogens is 626 g/mol. The average molecular weight is 680 g/mol. The Morgan fingerprint density at radius 1 is 1.08 bits per heavy atom. The van der Waals surface area contributed by atoms with Crippen LogP contribution in [0.5, 0.6) is 17.2 Å². The quantitative estimate of drug-likeness (QED) is 0.0919. The van der Waals surface area contributed by atoms with Gasteiger partial charge in [-0.2, -0.15) is 0 Å². The largest absolute Gasteiger partial charge is 0.487 e. The molecule has 0 radical (unpaired) electrons. The number of fused-ring (bicyclic) bond motifs is 3. The standard InChI is InChI=1S/C43H53NO6/c1-7-8-9-11-27-21-29(23-35-38(27)30-20-25(2)12-15-31(30)42(4,5)50-35)47-36(45)24-37(46)48-34-17-16-32-33-22-28-14-13-26(3)40-39(28)43(32,41(34)49-40)18-10-19-44(33)6/h13-14,16-17,20-21,23,30-34,41H,7-12,15,18-19,22,24H2,1-6H3/t30-,31-,32+,33-,34?,41+,43+/m1/s1. The zero-order valence-electron chi connectivity index (χ0n) is 30.7. The second kappa shape index (κ2) is 12.6. The van der Waals surface area contributed by atoms with Crippen LogP contribution >= 0.6 is 0 Å². The molecule has 6 aliphatic rings. The Kier molecular flexibility index (Phi) is 8.44. The highest BCUT2D eigenvalue weighted by molar-refractivity contribution is 5.92. The molecule has 1 saturated heterocycles. The molecule has 7 atom stereocenters. The predicted octanol–water partition coefficient (Wildman–Crippen LogP) is 8.08. The summed E-state index contributed by atoms with van der Waals surface area (Å²) in [4.78, 5) is 29.4. The van der Waals surface area contributed by atoms with Gasteiger partial charge in [0, 0.05) is 46.4 Å². The first-order chi connectivity index (χ1) is 24.0. The monoisotopic (exact) mass is 679 g/mol. The molecule has 3 heterocycles. The van der Waals surface area contributed by atoms with Crippen LogP contribution in [0.3, 0.4) is 0 Å². The third-order valence-corrected chi connectivity index (χ3v) is 13.0. The van der Waals surface area contributed by atoms with Crippen molar-refractivity contribution in [3.63, 3.8) is 0 Å². The molecule has 3 aliphatic heterocycles. The Bertz CT molecular complexity index is 1770. The molecule has 3 aliphatic carbocycles. The van der Waals surface area contributed by atoms with Crippen LogP contribution in [0.4, 0.5) is 0 Å². The third kappa shape index (κ3) is 5.41. The van der Waals surface area contributed by atoms with Gasteiger partial charge in [0.15, 0.2) is 6.10 Å². The van der Waals surface area contributed by atoms with E-state index in [1.54, 1.807) is 0 Å². The predicted molar refractivity (Wildman–Crippen MR) is 193 cm³/mol. The van der Waals surface area contributed by atoms with Crippen molar-refractivity contribution in [2.75, 3.05) is 13.6 Å². The fraction of sp³-hybridized carbons (Fsp3) is 0.581. The Labute approximate surface area is 297 Å². The maximum absolute atomic E-state index is 13.5. The number of carbonyl (C=O) groups is 2. The first kappa shape index (κ1) is 33.6. The third-order valence-electron chi connectivity index (χ3n) is 13.0. The SMILES string of the molecule is CCCCCc1cc(OC(=O)CC(=O)OC2C=C[C@H]3[C@H]4Cc5ccc(C)c6c5[C@@]3(CCCN4C)[C@H]2O6)cc2c1[C@@H]1C=C(C)CC[C@H]1C(C)(C)O2. The van der Waals surface area contributed by atoms with Gasteiger partial charge in [0.2, 0.25) is 0 Å². The van der Waals surface area contributed by atoms with Gasteiger partial charge in [-0.25, -0.2) is 0 Å². The van der Waals surface area contributed by atoms with Crippen molar-refractivity contribution in [3.05, 3.63) is 75.9 Å². The van der Waals surface area contributed by atoms with Gasteiger partial charge >= 0.3 is 11.9 Å². The number of rotatable bonds is 8. The van der Waals surface area contributed by atoms with E-state index in [4.69, 9.17) is 18.9 Å². The molecule has 50 heavy (non-hydrogen) atoms. The maximum Gasteiger partial charge on any atom is 0.322 e. The number of likely N-dealkylation sites (N-methyl/N-ethyl adjacent to an activating group) is 1. The van der Waals surface area contributed by atoms with Crippen molar-refractivity contribution in [2.24, 2.45) is 11.8 Å². The Balaban J connectivity index is 1.02. The minimum atomic E-state index is -0.630. The summed E-state index contributed by atoms with van der Waals surface area (Å²) in [5, 5.41) is 0. The van der Waals surface area contributed by atoms with Crippen LogP contribution in [0.25, 0.3) is 0 Å². The number of likely N-dealkylation sites (tertiary alicyclic amines) is 1. The molecular formula is C43H53NO6. The summed E-state index contributed by atoms with van der Waals surface area (Å²) < 4.78 is 25.5. The molecule has 0 saturated carbocycles. The number of hydrogen-bond acceptors (Lipinski definition) is 7. The van der Waals surface area contributed by atoms with Crippen LogP contribution in [0, 0.1) is 18.8 Å². The van der Waals surface area contributed by atoms with E-state index in [-0.39, 0.29) is 29.0 Å². The Hall–Kier alpha value is -3.58. The maximum atomic E-state index is 13.5. The van der Waals surface area contributed by atoms with Crippen molar-refractivity contribution in [3.8, 4) is 17.2 Å². The molecule has 8 rings (SSSR count). The molecule has 0 N–H and O–H groups in total. The smallest absolute Gasteiger partial charge is 0.322 e. The van der Waals surface area contributed by atoms with Crippen LogP contribution in [-0.4, -0.2) is 54.3 Å². The number of carbonyl (C=O) groups excluding carboxylic acids is 2. The van der Waals surface area contributed by atoms with E-state index in [1.807, 2.05) is 18.2 Å². The highest BCUT2D eigenvalue weighted by Crippen LogP contribution is 2.61. The molecule has 7 nitrogen and oxygen atoms in total. The number of ether oxygens (including phenoxy) is 4. The number of nitrogens with zero attached hydrogens (tertiary/aromatic N) is 1. The molecule has 0 aromatic heterocycles. The molecule has 2 bridgehead atoms. The average Bonchev–Trinajstić information content (AvgIpc) is 3.37. The molecule has 2 aromatic rings. The molecule has 7 heteroatoms. The molecule has 1 fully saturated rings. The lowest BCUT2D eigenvalue weighted by Crippen LogP contribution is -2.59. The molecule has 0 amide bonds. The van der Waals surface area contributed by atoms with E-state index in [0.29, 0.717) is 17.7 Å². The van der Waals surface area contributed by atoms with E-state index in [2.05, 4.69) is 70.9 Å². The molecule has 266 valence electrons. The van der Waals surface area contributed by atoms with Crippen molar-refractivity contribution in [1.82, 2.24) is 4.90 Å². The second-order valence-electron chi connectivity index (χ2n) is 16.5. The van der Waals surface area contributed by atoms with Crippen molar-refractivity contribution < 1.29 is 28.5 Å². The van der Waals surface area contributed by atoms with Gasteiger partial charge in [0.25, 0.3) is 0 Å². The summed E-state index contributed by atoms with van der Waals surface area (Å²) in [6, 6.07) is 8.66. The molecule has 1 unspecified atom stereocenters. The van der Waals surface area contributed by atoms with E-state index in [1.165, 1.54) is 27.8 Å². The minimum absolute atomic E-state index is 0.249. The number of hydrogen-bond donors (Lipinski definition) is 0. The van der Waals surface area contributed by atoms with Crippen LogP contribution < -0.4 is 14.2 Å². The zero-order chi connectivity index (χ0) is 34.9. The van der Waals surface area contributed by atoms with Crippen LogP contribution in [-0.2, 0) is 32.6 Å². The summed E-state index contributed by atoms with van der Waals surface area (Å²) >= 11 is 0. The lowest BCUT2D eigenvalue weighted by Gasteiger charge is -2.50. The van der Waals surface area contributed by atoms with Gasteiger partial charge < -0.3 is 23.8 Å². The number of unbranched alkanes of at least 4 members (excludes halogenated alkanes) is 2. The van der Waals surface area contributed by atoms with E-state index in [9.17, 15) is 9.59 Å². The van der Waals surface area contributed by atoms with Gasteiger partial charge in [-0.15, -0.1) is 0 Å². The fourth-order valence-corrected chi connectivity index (χ4v) is 10.6. The van der Waals surface area contributed by atoms with E-state index in [0.717, 1.165) is 81.4 Å². The lowest BCUT2D eigenvalue weighted by molar-refractivity contribution is -0.157. The zero-order valence-corrected chi connectivity index (χ0v) is 30.7. The number of aryl methyl sites for hydroxylation is 2. The summed E-state index contributed by atoms with van der Waals surface area (Å²) in [7, 11) is 2.23. The van der Waals surface area contributed by atoms with Crippen molar-refractivity contribution in [2.45, 2.75) is 134 Å².